The summed E-state index contributed by atoms with van der Waals surface area (Å²) < 4.78 is 45.2. The number of nitrogens with one attached hydrogen (secondary N) is 1. The number of alkyl halides is 3. The van der Waals surface area contributed by atoms with Crippen LogP contribution in [0.3, 0.4) is 0 Å². The Labute approximate surface area is 103 Å². The van der Waals surface area contributed by atoms with Gasteiger partial charge in [-0.1, -0.05) is 0 Å². The van der Waals surface area contributed by atoms with Gasteiger partial charge < -0.3 is 10.1 Å². The summed E-state index contributed by atoms with van der Waals surface area (Å²) in [4.78, 5) is 0. The Morgan fingerprint density at radius 2 is 1.94 bits per heavy atom. The highest BCUT2D eigenvalue weighted by atomic mass is 19.4. The second-order valence-electron chi connectivity index (χ2n) is 4.42. The molecular formula is C11H16F3N3O. The Morgan fingerprint density at radius 3 is 2.44 bits per heavy atom. The van der Waals surface area contributed by atoms with E-state index in [1.807, 2.05) is 0 Å². The molecule has 7 heteroatoms. The highest BCUT2D eigenvalue weighted by molar-refractivity contribution is 5.37. The summed E-state index contributed by atoms with van der Waals surface area (Å²) >= 11 is 0. The zero-order valence-electron chi connectivity index (χ0n) is 10.3. The summed E-state index contributed by atoms with van der Waals surface area (Å²) in [6, 6.07) is 0. The van der Waals surface area contributed by atoms with Crippen LogP contribution in [0.15, 0.2) is 0 Å². The average molecular weight is 263 g/mol. The Morgan fingerprint density at radius 1 is 1.33 bits per heavy atom. The first-order chi connectivity index (χ1) is 8.45. The number of aryl methyl sites for hydroxylation is 1. The van der Waals surface area contributed by atoms with Crippen molar-refractivity contribution in [2.24, 2.45) is 7.05 Å². The quantitative estimate of drug-likeness (QED) is 0.886. The monoisotopic (exact) mass is 263 g/mol. The fourth-order valence-corrected chi connectivity index (χ4v) is 2.45. The van der Waals surface area contributed by atoms with E-state index >= 15 is 0 Å². The number of aromatic nitrogens is 2. The van der Waals surface area contributed by atoms with Crippen molar-refractivity contribution in [2.45, 2.75) is 24.9 Å². The van der Waals surface area contributed by atoms with E-state index in [9.17, 15) is 13.2 Å². The molecule has 1 aliphatic heterocycles. The Kier molecular flexibility index (Phi) is 3.52. The first kappa shape index (κ1) is 13.2. The van der Waals surface area contributed by atoms with E-state index < -0.39 is 11.9 Å². The number of hydrogen-bond donors (Lipinski definition) is 1. The molecule has 4 nitrogen and oxygen atoms in total. The molecule has 102 valence electrons. The first-order valence-electron chi connectivity index (χ1n) is 5.84. The van der Waals surface area contributed by atoms with E-state index in [1.165, 1.54) is 18.8 Å². The number of nitrogens with zero attached hydrogens (tertiary/aromatic N) is 2. The van der Waals surface area contributed by atoms with Crippen LogP contribution in [-0.4, -0.2) is 30.0 Å². The van der Waals surface area contributed by atoms with Crippen molar-refractivity contribution in [3.05, 3.63) is 11.3 Å². The van der Waals surface area contributed by atoms with Crippen molar-refractivity contribution in [2.75, 3.05) is 20.2 Å². The molecule has 0 aromatic carbocycles. The normalized spacial score (nSPS) is 18.1. The average Bonchev–Trinajstić information content (AvgIpc) is 2.67. The molecule has 1 aliphatic rings. The summed E-state index contributed by atoms with van der Waals surface area (Å²) in [5.74, 6) is 0.0701. The molecular weight excluding hydrogens is 247 g/mol. The standard InChI is InChI=1S/C11H16F3N3O/c1-17-10(18-2)8(7-3-5-15-6-4-7)9(16-17)11(12,13)14/h7,15H,3-6H2,1-2H3. The van der Waals surface area contributed by atoms with E-state index in [0.29, 0.717) is 12.8 Å². The number of methoxy groups -OCH3 is 1. The molecule has 1 saturated heterocycles. The third-order valence-corrected chi connectivity index (χ3v) is 3.24. The smallest absolute Gasteiger partial charge is 0.435 e. The molecule has 0 amide bonds. The molecule has 0 aliphatic carbocycles. The second kappa shape index (κ2) is 4.79. The predicted octanol–water partition coefficient (Wildman–Crippen LogP) is 1.91. The number of rotatable bonds is 2. The fraction of sp³-hybridized carbons (Fsp3) is 0.727. The van der Waals surface area contributed by atoms with Crippen molar-refractivity contribution in [1.82, 2.24) is 15.1 Å². The maximum absolute atomic E-state index is 13.0. The lowest BCUT2D eigenvalue weighted by Crippen LogP contribution is -2.27. The molecule has 1 aromatic rings. The van der Waals surface area contributed by atoms with Crippen LogP contribution < -0.4 is 10.1 Å². The third-order valence-electron chi connectivity index (χ3n) is 3.24. The lowest BCUT2D eigenvalue weighted by Gasteiger charge is -2.23. The minimum Gasteiger partial charge on any atom is -0.481 e. The van der Waals surface area contributed by atoms with Crippen molar-refractivity contribution in [1.29, 1.82) is 0 Å². The van der Waals surface area contributed by atoms with Crippen LogP contribution >= 0.6 is 0 Å². The fourth-order valence-electron chi connectivity index (χ4n) is 2.45. The van der Waals surface area contributed by atoms with Gasteiger partial charge in [-0.25, -0.2) is 4.68 Å². The molecule has 1 aromatic heterocycles. The first-order valence-corrected chi connectivity index (χ1v) is 5.84. The summed E-state index contributed by atoms with van der Waals surface area (Å²) in [5, 5.41) is 6.71. The number of ether oxygens (including phenoxy) is 1. The molecule has 0 saturated carbocycles. The van der Waals surface area contributed by atoms with Crippen LogP contribution in [0.25, 0.3) is 0 Å². The van der Waals surface area contributed by atoms with Crippen LogP contribution in [0.2, 0.25) is 0 Å². The Balaban J connectivity index is 2.47. The van der Waals surface area contributed by atoms with E-state index in [2.05, 4.69) is 10.4 Å². The van der Waals surface area contributed by atoms with Gasteiger partial charge in [0.25, 0.3) is 0 Å². The van der Waals surface area contributed by atoms with Crippen LogP contribution in [0.4, 0.5) is 13.2 Å². The third kappa shape index (κ3) is 2.31. The van der Waals surface area contributed by atoms with Crippen molar-refractivity contribution < 1.29 is 17.9 Å². The van der Waals surface area contributed by atoms with Gasteiger partial charge in [-0.2, -0.15) is 18.3 Å². The van der Waals surface area contributed by atoms with E-state index in [4.69, 9.17) is 4.74 Å². The highest BCUT2D eigenvalue weighted by Gasteiger charge is 2.41. The van der Waals surface area contributed by atoms with Crippen LogP contribution in [0.1, 0.15) is 30.0 Å². The SMILES string of the molecule is COc1c(C2CCNCC2)c(C(F)(F)F)nn1C. The minimum atomic E-state index is -4.44. The van der Waals surface area contributed by atoms with Crippen LogP contribution in [-0.2, 0) is 13.2 Å². The second-order valence-corrected chi connectivity index (χ2v) is 4.42. The van der Waals surface area contributed by atoms with Gasteiger partial charge in [-0.15, -0.1) is 0 Å². The molecule has 1 fully saturated rings. The van der Waals surface area contributed by atoms with Gasteiger partial charge in [0.05, 0.1) is 7.11 Å². The zero-order chi connectivity index (χ0) is 13.3. The lowest BCUT2D eigenvalue weighted by atomic mass is 9.90. The van der Waals surface area contributed by atoms with E-state index in [1.54, 1.807) is 0 Å². The van der Waals surface area contributed by atoms with Gasteiger partial charge in [0.2, 0.25) is 5.88 Å². The van der Waals surface area contributed by atoms with Gasteiger partial charge >= 0.3 is 6.18 Å². The molecule has 1 N–H and O–H groups in total. The molecule has 0 atom stereocenters. The molecule has 0 spiro atoms. The van der Waals surface area contributed by atoms with Crippen molar-refractivity contribution in [3.8, 4) is 5.88 Å². The summed E-state index contributed by atoms with van der Waals surface area (Å²) in [5.41, 5.74) is -0.609. The summed E-state index contributed by atoms with van der Waals surface area (Å²) in [6.45, 7) is 1.44. The van der Waals surface area contributed by atoms with E-state index in [0.717, 1.165) is 13.1 Å². The van der Waals surface area contributed by atoms with Gasteiger partial charge in [0.1, 0.15) is 0 Å². The zero-order valence-corrected chi connectivity index (χ0v) is 10.3. The maximum atomic E-state index is 13.0. The molecule has 2 heterocycles. The Hall–Kier alpha value is -1.24. The predicted molar refractivity (Wildman–Crippen MR) is 59.6 cm³/mol. The van der Waals surface area contributed by atoms with Gasteiger partial charge in [0, 0.05) is 12.6 Å². The molecule has 0 radical (unpaired) electrons. The molecule has 18 heavy (non-hydrogen) atoms. The van der Waals surface area contributed by atoms with E-state index in [-0.39, 0.29) is 17.4 Å². The molecule has 0 unspecified atom stereocenters. The van der Waals surface area contributed by atoms with Gasteiger partial charge in [0.15, 0.2) is 5.69 Å². The largest absolute Gasteiger partial charge is 0.481 e. The Bertz CT molecular complexity index is 422. The summed E-state index contributed by atoms with van der Waals surface area (Å²) in [6.07, 6.45) is -3.09. The maximum Gasteiger partial charge on any atom is 0.435 e. The minimum absolute atomic E-state index is 0.147. The van der Waals surface area contributed by atoms with Gasteiger partial charge in [-0.3, -0.25) is 0 Å². The van der Waals surface area contributed by atoms with Gasteiger partial charge in [-0.05, 0) is 31.8 Å². The highest BCUT2D eigenvalue weighted by Crippen LogP contribution is 2.41. The molecule has 0 bridgehead atoms. The van der Waals surface area contributed by atoms with Crippen molar-refractivity contribution >= 4 is 0 Å². The molecule has 2 rings (SSSR count). The lowest BCUT2D eigenvalue weighted by molar-refractivity contribution is -0.142. The van der Waals surface area contributed by atoms with Crippen LogP contribution in [0.5, 0.6) is 5.88 Å². The number of hydrogen-bond acceptors (Lipinski definition) is 3. The van der Waals surface area contributed by atoms with Crippen molar-refractivity contribution in [3.63, 3.8) is 0 Å². The number of halogens is 3. The topological polar surface area (TPSA) is 39.1 Å². The number of piperidine rings is 1. The summed E-state index contributed by atoms with van der Waals surface area (Å²) in [7, 11) is 2.85. The van der Waals surface area contributed by atoms with Crippen LogP contribution in [0, 0.1) is 0 Å².